The van der Waals surface area contributed by atoms with E-state index in [9.17, 15) is 14.9 Å². The number of hydrogen-bond acceptors (Lipinski definition) is 5. The Hall–Kier alpha value is -2.06. The van der Waals surface area contributed by atoms with E-state index < -0.39 is 10.8 Å². The Morgan fingerprint density at radius 2 is 2.25 bits per heavy atom. The molecule has 1 unspecified atom stereocenters. The lowest BCUT2D eigenvalue weighted by Gasteiger charge is -2.27. The topological polar surface area (TPSA) is 84.7 Å². The van der Waals surface area contributed by atoms with Crippen molar-refractivity contribution in [2.45, 2.75) is 32.3 Å². The van der Waals surface area contributed by atoms with Gasteiger partial charge in [-0.15, -0.1) is 0 Å². The average Bonchev–Trinajstić information content (AvgIpc) is 3.07. The van der Waals surface area contributed by atoms with Crippen molar-refractivity contribution in [3.8, 4) is 0 Å². The number of para-hydroxylation sites is 1. The Morgan fingerprint density at radius 1 is 1.50 bits per heavy atom. The van der Waals surface area contributed by atoms with Gasteiger partial charge in [-0.1, -0.05) is 19.1 Å². The second-order valence-electron chi connectivity index (χ2n) is 5.61. The summed E-state index contributed by atoms with van der Waals surface area (Å²) in [5.74, 6) is -0.569. The molecular formula is C16H21N3O4S. The van der Waals surface area contributed by atoms with Crippen molar-refractivity contribution in [1.82, 2.24) is 10.2 Å². The van der Waals surface area contributed by atoms with E-state index in [0.717, 1.165) is 25.9 Å². The molecule has 24 heavy (non-hydrogen) atoms. The van der Waals surface area contributed by atoms with Crippen LogP contribution in [0.2, 0.25) is 0 Å². The molecule has 1 heterocycles. The van der Waals surface area contributed by atoms with Crippen LogP contribution >= 0.6 is 12.2 Å². The van der Waals surface area contributed by atoms with Crippen LogP contribution in [0.25, 0.3) is 0 Å². The Morgan fingerprint density at radius 3 is 2.88 bits per heavy atom. The van der Waals surface area contributed by atoms with Crippen LogP contribution in [0, 0.1) is 10.1 Å². The van der Waals surface area contributed by atoms with Crippen LogP contribution in [0.4, 0.5) is 5.69 Å². The fraction of sp³-hybridized carbons (Fsp3) is 0.500. The largest absolute Gasteiger partial charge is 0.376 e. The molecule has 0 spiro atoms. The smallest absolute Gasteiger partial charge is 0.282 e. The van der Waals surface area contributed by atoms with Crippen molar-refractivity contribution in [2.24, 2.45) is 0 Å². The SMILES string of the molecule is CCCN(CC1CCCO1)C(=S)NC(=O)c1ccccc1[N+](=O)[O-]. The van der Waals surface area contributed by atoms with Gasteiger partial charge in [0.2, 0.25) is 0 Å². The Balaban J connectivity index is 2.05. The summed E-state index contributed by atoms with van der Waals surface area (Å²) in [4.78, 5) is 24.7. The lowest BCUT2D eigenvalue weighted by molar-refractivity contribution is -0.385. The number of carbonyl (C=O) groups excluding carboxylic acids is 1. The number of nitrogens with one attached hydrogen (secondary N) is 1. The van der Waals surface area contributed by atoms with E-state index in [2.05, 4.69) is 5.32 Å². The minimum Gasteiger partial charge on any atom is -0.376 e. The number of rotatable bonds is 6. The zero-order chi connectivity index (χ0) is 17.5. The molecule has 8 heteroatoms. The molecule has 1 amide bonds. The van der Waals surface area contributed by atoms with Crippen LogP contribution in [0.15, 0.2) is 24.3 Å². The quantitative estimate of drug-likeness (QED) is 0.481. The van der Waals surface area contributed by atoms with Gasteiger partial charge in [-0.25, -0.2) is 0 Å². The third kappa shape index (κ3) is 4.72. The summed E-state index contributed by atoms with van der Waals surface area (Å²) in [6.45, 7) is 4.08. The molecule has 1 aromatic carbocycles. The van der Waals surface area contributed by atoms with E-state index in [1.165, 1.54) is 18.2 Å². The molecule has 1 aliphatic rings. The first-order chi connectivity index (χ1) is 11.5. The lowest BCUT2D eigenvalue weighted by Crippen LogP contribution is -2.46. The molecule has 1 fully saturated rings. The number of benzene rings is 1. The van der Waals surface area contributed by atoms with Crippen LogP contribution in [0.3, 0.4) is 0 Å². The van der Waals surface area contributed by atoms with Crippen LogP contribution < -0.4 is 5.32 Å². The standard InChI is InChI=1S/C16H21N3O4S/c1-2-9-18(11-12-6-5-10-23-12)16(24)17-15(20)13-7-3-4-8-14(13)19(21)22/h3-4,7-8,12H,2,5-6,9-11H2,1H3,(H,17,20,24). The van der Waals surface area contributed by atoms with Crippen LogP contribution in [0.1, 0.15) is 36.5 Å². The van der Waals surface area contributed by atoms with Gasteiger partial charge in [-0.3, -0.25) is 20.2 Å². The normalized spacial score (nSPS) is 16.6. The van der Waals surface area contributed by atoms with Crippen molar-refractivity contribution in [3.05, 3.63) is 39.9 Å². The molecule has 0 saturated carbocycles. The zero-order valence-electron chi connectivity index (χ0n) is 13.6. The van der Waals surface area contributed by atoms with Gasteiger partial charge in [0.15, 0.2) is 5.11 Å². The highest BCUT2D eigenvalue weighted by Gasteiger charge is 2.24. The molecule has 1 atom stereocenters. The molecular weight excluding hydrogens is 330 g/mol. The molecule has 1 N–H and O–H groups in total. The van der Waals surface area contributed by atoms with Crippen LogP contribution in [-0.2, 0) is 4.74 Å². The zero-order valence-corrected chi connectivity index (χ0v) is 14.4. The Bertz CT molecular complexity index is 617. The number of hydrogen-bond donors (Lipinski definition) is 1. The first-order valence-electron chi connectivity index (χ1n) is 7.98. The summed E-state index contributed by atoms with van der Waals surface area (Å²) >= 11 is 5.33. The second kappa shape index (κ2) is 8.70. The van der Waals surface area contributed by atoms with Crippen molar-refractivity contribution >= 4 is 28.9 Å². The fourth-order valence-corrected chi connectivity index (χ4v) is 2.91. The van der Waals surface area contributed by atoms with Gasteiger partial charge in [0.25, 0.3) is 11.6 Å². The Labute approximate surface area is 146 Å². The summed E-state index contributed by atoms with van der Waals surface area (Å²) in [6.07, 6.45) is 2.98. The van der Waals surface area contributed by atoms with Crippen molar-refractivity contribution in [3.63, 3.8) is 0 Å². The van der Waals surface area contributed by atoms with E-state index in [1.807, 2.05) is 11.8 Å². The summed E-state index contributed by atoms with van der Waals surface area (Å²) in [7, 11) is 0. The molecule has 1 aromatic rings. The molecule has 0 aliphatic carbocycles. The monoisotopic (exact) mass is 351 g/mol. The number of ether oxygens (including phenoxy) is 1. The van der Waals surface area contributed by atoms with Crippen LogP contribution in [0.5, 0.6) is 0 Å². The second-order valence-corrected chi connectivity index (χ2v) is 6.00. The Kier molecular flexibility index (Phi) is 6.62. The third-order valence-electron chi connectivity index (χ3n) is 3.79. The van der Waals surface area contributed by atoms with E-state index in [0.29, 0.717) is 13.1 Å². The summed E-state index contributed by atoms with van der Waals surface area (Å²) in [5.41, 5.74) is -0.239. The molecule has 0 bridgehead atoms. The van der Waals surface area contributed by atoms with Gasteiger partial charge < -0.3 is 9.64 Å². The van der Waals surface area contributed by atoms with E-state index >= 15 is 0 Å². The van der Waals surface area contributed by atoms with Gasteiger partial charge in [0.1, 0.15) is 5.56 Å². The van der Waals surface area contributed by atoms with Crippen molar-refractivity contribution in [1.29, 1.82) is 0 Å². The van der Waals surface area contributed by atoms with Crippen molar-refractivity contribution < 1.29 is 14.5 Å². The van der Waals surface area contributed by atoms with Gasteiger partial charge >= 0.3 is 0 Å². The highest BCUT2D eigenvalue weighted by molar-refractivity contribution is 7.80. The highest BCUT2D eigenvalue weighted by Crippen LogP contribution is 2.18. The maximum absolute atomic E-state index is 12.4. The van der Waals surface area contributed by atoms with Crippen molar-refractivity contribution in [2.75, 3.05) is 19.7 Å². The van der Waals surface area contributed by atoms with Crippen LogP contribution in [-0.4, -0.2) is 46.6 Å². The van der Waals surface area contributed by atoms with Gasteiger partial charge in [0, 0.05) is 25.8 Å². The predicted molar refractivity (Wildman–Crippen MR) is 94.0 cm³/mol. The summed E-state index contributed by atoms with van der Waals surface area (Å²) in [5, 5.41) is 13.9. The third-order valence-corrected chi connectivity index (χ3v) is 4.15. The molecule has 0 aromatic heterocycles. The minimum absolute atomic E-state index is 0.00147. The molecule has 2 rings (SSSR count). The number of nitrogens with zero attached hydrogens (tertiary/aromatic N) is 2. The number of nitro benzene ring substituents is 1. The van der Waals surface area contributed by atoms with E-state index in [4.69, 9.17) is 17.0 Å². The number of amides is 1. The summed E-state index contributed by atoms with van der Waals surface area (Å²) in [6, 6.07) is 5.82. The van der Waals surface area contributed by atoms with E-state index in [1.54, 1.807) is 6.07 Å². The predicted octanol–water partition coefficient (Wildman–Crippen LogP) is 2.50. The van der Waals surface area contributed by atoms with Gasteiger partial charge in [0.05, 0.1) is 11.0 Å². The fourth-order valence-electron chi connectivity index (χ4n) is 2.65. The number of thiocarbonyl (C=S) groups is 1. The maximum Gasteiger partial charge on any atom is 0.282 e. The van der Waals surface area contributed by atoms with Gasteiger partial charge in [-0.2, -0.15) is 0 Å². The maximum atomic E-state index is 12.4. The average molecular weight is 351 g/mol. The molecule has 1 aliphatic heterocycles. The first kappa shape index (κ1) is 18.3. The molecule has 0 radical (unpaired) electrons. The first-order valence-corrected chi connectivity index (χ1v) is 8.39. The lowest BCUT2D eigenvalue weighted by atomic mass is 10.1. The molecule has 1 saturated heterocycles. The molecule has 130 valence electrons. The number of nitro groups is 1. The highest BCUT2D eigenvalue weighted by atomic mass is 32.1. The van der Waals surface area contributed by atoms with E-state index in [-0.39, 0.29) is 22.5 Å². The summed E-state index contributed by atoms with van der Waals surface area (Å²) < 4.78 is 5.62. The minimum atomic E-state index is -0.575. The number of carbonyl (C=O) groups is 1. The van der Waals surface area contributed by atoms with Gasteiger partial charge in [-0.05, 0) is 37.5 Å². The molecule has 7 nitrogen and oxygen atoms in total.